The van der Waals surface area contributed by atoms with Gasteiger partial charge in [0.1, 0.15) is 11.5 Å². The molecule has 5 nitrogen and oxygen atoms in total. The third-order valence-electron chi connectivity index (χ3n) is 16.4. The molecule has 1 aliphatic heterocycles. The van der Waals surface area contributed by atoms with E-state index in [0.29, 0.717) is 43.3 Å². The molecule has 0 fully saturated rings. The first-order valence-corrected chi connectivity index (χ1v) is 32.5. The van der Waals surface area contributed by atoms with Crippen molar-refractivity contribution in [2.75, 3.05) is 0 Å². The first kappa shape index (κ1) is 47.9. The lowest BCUT2D eigenvalue weighted by atomic mass is 10.2. The van der Waals surface area contributed by atoms with Crippen LogP contribution in [0.2, 0.25) is 0 Å². The molecule has 12 aromatic carbocycles. The van der Waals surface area contributed by atoms with Crippen LogP contribution in [0.4, 0.5) is 0 Å². The molecule has 2 aromatic heterocycles. The van der Waals surface area contributed by atoms with Crippen molar-refractivity contribution in [3.8, 4) is 22.9 Å². The second-order valence-corrected chi connectivity index (χ2v) is 29.8. The van der Waals surface area contributed by atoms with Crippen LogP contribution >= 0.6 is 14.3 Å². The Morgan fingerprint density at radius 3 is 0.825 bits per heavy atom. The lowest BCUT2D eigenvalue weighted by Gasteiger charge is -2.42. The van der Waals surface area contributed by atoms with Crippen molar-refractivity contribution in [2.45, 2.75) is 0 Å². The molecule has 0 atom stereocenters. The van der Waals surface area contributed by atoms with Gasteiger partial charge < -0.3 is 23.0 Å². The average molecular weight is 1080 g/mol. The van der Waals surface area contributed by atoms with E-state index in [-0.39, 0.29) is 0 Å². The highest BCUT2D eigenvalue weighted by Gasteiger charge is 2.53. The van der Waals surface area contributed by atoms with Gasteiger partial charge in [-0.2, -0.15) is 0 Å². The number of ether oxygens (including phenoxy) is 1. The van der Waals surface area contributed by atoms with E-state index < -0.39 is 22.4 Å². The molecule has 0 saturated carbocycles. The molecule has 0 saturated heterocycles. The molecule has 0 aliphatic carbocycles. The molecule has 0 unspecified atom stereocenters. The fraction of sp³-hybridized carbons (Fsp3) is 0. The standard InChI is InChI=1S/C72H50N2O3P2Si/c75-78(53-27-7-1-8-28-53,54-29-9-2-10-30-54)67-47-51(73-63-43-23-19-39-59(63)60-40-20-24-44-64(60)73)49-69-71(67)77-72-68(79(76,55-31-11-3-12-32-55)56-33-13-4-14-34-56)48-52(74-65-45-25-21-41-61(65)62-42-22-26-46-66(62)74)50-70(72)80(69,57-35-15-5-16-36-57)58-37-17-6-18-38-58/h1-50H. The van der Waals surface area contributed by atoms with E-state index in [1.54, 1.807) is 0 Å². The maximum atomic E-state index is 17.8. The van der Waals surface area contributed by atoms with Crippen molar-refractivity contribution in [2.24, 2.45) is 0 Å². The Kier molecular flexibility index (Phi) is 11.4. The van der Waals surface area contributed by atoms with Crippen molar-refractivity contribution in [3.63, 3.8) is 0 Å². The second kappa shape index (κ2) is 19.0. The molecule has 14 aromatic rings. The van der Waals surface area contributed by atoms with Crippen LogP contribution in [0.25, 0.3) is 55.0 Å². The number of fused-ring (bicyclic) bond motifs is 8. The average Bonchev–Trinajstić information content (AvgIpc) is 3.33. The Balaban J connectivity index is 1.19. The van der Waals surface area contributed by atoms with Crippen LogP contribution in [0, 0.1) is 0 Å². The minimum absolute atomic E-state index is 0.510. The van der Waals surface area contributed by atoms with Crippen LogP contribution in [-0.4, -0.2) is 17.2 Å². The fourth-order valence-electron chi connectivity index (χ4n) is 12.9. The number of nitrogens with zero attached hydrogens (tertiary/aromatic N) is 2. The maximum absolute atomic E-state index is 17.8. The zero-order chi connectivity index (χ0) is 53.4. The maximum Gasteiger partial charge on any atom is 0.188 e. The summed E-state index contributed by atoms with van der Waals surface area (Å²) in [7, 11) is -11.7. The van der Waals surface area contributed by atoms with Gasteiger partial charge in [0.15, 0.2) is 22.4 Å². The van der Waals surface area contributed by atoms with Gasteiger partial charge in [-0.3, -0.25) is 0 Å². The Hall–Kier alpha value is -9.28. The van der Waals surface area contributed by atoms with Crippen LogP contribution in [0.15, 0.2) is 303 Å². The van der Waals surface area contributed by atoms with E-state index in [2.05, 4.69) is 191 Å². The van der Waals surface area contributed by atoms with Crippen LogP contribution < -0.4 is 57.3 Å². The van der Waals surface area contributed by atoms with Gasteiger partial charge in [0.25, 0.3) is 0 Å². The summed E-state index contributed by atoms with van der Waals surface area (Å²) in [6.07, 6.45) is 0. The number of para-hydroxylation sites is 4. The molecular formula is C72H50N2O3P2Si. The predicted octanol–water partition coefficient (Wildman–Crippen LogP) is 12.6. The lowest BCUT2D eigenvalue weighted by Crippen LogP contribution is -2.77. The topological polar surface area (TPSA) is 53.2 Å². The van der Waals surface area contributed by atoms with Crippen LogP contribution in [0.3, 0.4) is 0 Å². The normalized spacial score (nSPS) is 13.1. The highest BCUT2D eigenvalue weighted by molar-refractivity contribution is 7.86. The molecule has 8 heteroatoms. The number of hydrogen-bond donors (Lipinski definition) is 0. The van der Waals surface area contributed by atoms with E-state index in [1.807, 2.05) is 121 Å². The van der Waals surface area contributed by atoms with Gasteiger partial charge in [-0.15, -0.1) is 0 Å². The summed E-state index contributed by atoms with van der Waals surface area (Å²) in [6, 6.07) is 105. The van der Waals surface area contributed by atoms with Crippen LogP contribution in [-0.2, 0) is 9.13 Å². The monoisotopic (exact) mass is 1080 g/mol. The van der Waals surface area contributed by atoms with Gasteiger partial charge in [-0.05, 0) is 58.9 Å². The minimum Gasteiger partial charge on any atom is -0.456 e. The molecule has 0 N–H and O–H groups in total. The van der Waals surface area contributed by atoms with E-state index >= 15 is 9.13 Å². The molecule has 80 heavy (non-hydrogen) atoms. The highest BCUT2D eigenvalue weighted by atomic mass is 31.2. The molecule has 380 valence electrons. The summed E-state index contributed by atoms with van der Waals surface area (Å²) in [5, 5.41) is 12.3. The summed E-state index contributed by atoms with van der Waals surface area (Å²) in [6.45, 7) is 0. The molecule has 0 amide bonds. The molecular weight excluding hydrogens is 1030 g/mol. The zero-order valence-electron chi connectivity index (χ0n) is 43.4. The van der Waals surface area contributed by atoms with E-state index in [1.165, 1.54) is 0 Å². The quantitative estimate of drug-likeness (QED) is 0.101. The Morgan fingerprint density at radius 2 is 0.537 bits per heavy atom. The summed E-state index contributed by atoms with van der Waals surface area (Å²) in [5.74, 6) is 1.02. The lowest BCUT2D eigenvalue weighted by molar-refractivity contribution is 0.493. The minimum atomic E-state index is -3.90. The Morgan fingerprint density at radius 1 is 0.287 bits per heavy atom. The molecule has 0 radical (unpaired) electrons. The molecule has 3 heterocycles. The summed E-state index contributed by atoms with van der Waals surface area (Å²) >= 11 is 0. The van der Waals surface area contributed by atoms with E-state index in [9.17, 15) is 0 Å². The zero-order valence-corrected chi connectivity index (χ0v) is 46.2. The van der Waals surface area contributed by atoms with Crippen molar-refractivity contribution in [3.05, 3.63) is 303 Å². The van der Waals surface area contributed by atoms with Crippen LogP contribution in [0.5, 0.6) is 11.5 Å². The molecule has 15 rings (SSSR count). The van der Waals surface area contributed by atoms with Gasteiger partial charge in [-0.25, -0.2) is 0 Å². The second-order valence-electron chi connectivity index (χ2n) is 20.6. The Labute approximate surface area is 465 Å². The van der Waals surface area contributed by atoms with Crippen molar-refractivity contribution >= 4 is 119 Å². The fourth-order valence-corrected chi connectivity index (χ4v) is 23.8. The van der Waals surface area contributed by atoms with Crippen molar-refractivity contribution in [1.82, 2.24) is 9.13 Å². The number of benzene rings is 12. The van der Waals surface area contributed by atoms with E-state index in [4.69, 9.17) is 4.74 Å². The van der Waals surface area contributed by atoms with E-state index in [0.717, 1.165) is 75.7 Å². The summed E-state index contributed by atoms with van der Waals surface area (Å²) in [4.78, 5) is 0. The SMILES string of the molecule is O=P(c1ccccc1)(c1ccccc1)c1cc(-n2c3ccccc3c3ccccc32)cc2c1Oc1c(cc(-n3c4ccccc4c4ccccc43)cc1P(=O)(c1ccccc1)c1ccccc1)[Si]2(c1ccccc1)c1ccccc1. The van der Waals surface area contributed by atoms with Gasteiger partial charge in [0.05, 0.1) is 32.7 Å². The molecule has 0 spiro atoms. The largest absolute Gasteiger partial charge is 0.456 e. The first-order valence-electron chi connectivity index (χ1n) is 27.0. The third kappa shape index (κ3) is 7.10. The molecule has 0 bridgehead atoms. The van der Waals surface area contributed by atoms with Crippen molar-refractivity contribution in [1.29, 1.82) is 0 Å². The number of aromatic nitrogens is 2. The van der Waals surface area contributed by atoms with Crippen LogP contribution in [0.1, 0.15) is 0 Å². The van der Waals surface area contributed by atoms with Gasteiger partial charge >= 0.3 is 0 Å². The van der Waals surface area contributed by atoms with Gasteiger partial charge in [0.2, 0.25) is 0 Å². The third-order valence-corrected chi connectivity index (χ3v) is 27.2. The molecule has 1 aliphatic rings. The highest BCUT2D eigenvalue weighted by Crippen LogP contribution is 2.51. The number of hydrogen-bond acceptors (Lipinski definition) is 3. The van der Waals surface area contributed by atoms with Gasteiger partial charge in [-0.1, -0.05) is 255 Å². The summed E-state index contributed by atoms with van der Waals surface area (Å²) < 4.78 is 48.3. The smallest absolute Gasteiger partial charge is 0.188 e. The number of rotatable bonds is 10. The predicted molar refractivity (Wildman–Crippen MR) is 338 cm³/mol. The summed E-state index contributed by atoms with van der Waals surface area (Å²) in [5.41, 5.74) is 5.83. The first-order chi connectivity index (χ1) is 39.5. The van der Waals surface area contributed by atoms with Gasteiger partial charge in [0, 0.05) is 64.5 Å². The Bertz CT molecular complexity index is 4300. The van der Waals surface area contributed by atoms with Crippen molar-refractivity contribution < 1.29 is 13.9 Å².